The first-order valence-corrected chi connectivity index (χ1v) is 11.8. The zero-order chi connectivity index (χ0) is 23.7. The van der Waals surface area contributed by atoms with Crippen LogP contribution >= 0.6 is 20.6 Å². The van der Waals surface area contributed by atoms with E-state index in [0.29, 0.717) is 12.2 Å². The Kier molecular flexibility index (Phi) is 8.87. The first kappa shape index (κ1) is 24.7. The number of rotatable bonds is 8. The summed E-state index contributed by atoms with van der Waals surface area (Å²) in [5, 5.41) is 6.82. The Morgan fingerprint density at radius 2 is 1.67 bits per heavy atom. The van der Waals surface area contributed by atoms with Gasteiger partial charge in [0.25, 0.3) is 5.66 Å². The van der Waals surface area contributed by atoms with E-state index in [1.807, 2.05) is 60.7 Å². The second-order valence-corrected chi connectivity index (χ2v) is 9.29. The fourth-order valence-corrected chi connectivity index (χ4v) is 4.50. The number of carbonyl (C=O) groups excluding carboxylic acids is 1. The van der Waals surface area contributed by atoms with Gasteiger partial charge in [0.15, 0.2) is 0 Å². The average Bonchev–Trinajstić information content (AvgIpc) is 3.42. The lowest BCUT2D eigenvalue weighted by Gasteiger charge is -2.08. The van der Waals surface area contributed by atoms with Gasteiger partial charge < -0.3 is 5.32 Å². The molecule has 0 aliphatic carbocycles. The van der Waals surface area contributed by atoms with Gasteiger partial charge in [-0.3, -0.25) is 9.48 Å². The zero-order valence-corrected chi connectivity index (χ0v) is 20.2. The van der Waals surface area contributed by atoms with E-state index in [9.17, 15) is 13.6 Å². The van der Waals surface area contributed by atoms with Crippen LogP contribution in [0.2, 0.25) is 0 Å². The van der Waals surface area contributed by atoms with Crippen LogP contribution in [-0.2, 0) is 30.3 Å². The van der Waals surface area contributed by atoms with Crippen molar-refractivity contribution >= 4 is 27.0 Å². The average molecular weight is 486 g/mol. The lowest BCUT2D eigenvalue weighted by Crippen LogP contribution is -2.14. The molecule has 2 aromatic heterocycles. The summed E-state index contributed by atoms with van der Waals surface area (Å²) in [5.41, 5.74) is -0.00480. The largest absolute Gasteiger partial charge is 0.358 e. The minimum Gasteiger partial charge on any atom is -0.358 e. The lowest BCUT2D eigenvalue weighted by atomic mass is 10.1. The summed E-state index contributed by atoms with van der Waals surface area (Å²) in [7, 11) is 3.09. The fraction of sp³-hybridized carbons (Fsp3) is 0.200. The number of aromatic nitrogens is 2. The number of halogens is 2. The van der Waals surface area contributed by atoms with Crippen LogP contribution in [0.25, 0.3) is 10.6 Å². The number of alkyl halides is 2. The molecular weight excluding hydrogens is 459 g/mol. The van der Waals surface area contributed by atoms with E-state index in [-0.39, 0.29) is 5.69 Å². The molecule has 4 aromatic rings. The van der Waals surface area contributed by atoms with Gasteiger partial charge in [-0.25, -0.2) is 0 Å². The maximum absolute atomic E-state index is 13.4. The molecule has 0 aliphatic heterocycles. The minimum atomic E-state index is -2.97. The van der Waals surface area contributed by atoms with E-state index in [1.165, 1.54) is 33.8 Å². The molecule has 4 nitrogen and oxygen atoms in total. The van der Waals surface area contributed by atoms with Gasteiger partial charge in [0.2, 0.25) is 6.41 Å². The monoisotopic (exact) mass is 485 g/mol. The number of hydrogen-bond acceptors (Lipinski definition) is 3. The molecule has 33 heavy (non-hydrogen) atoms. The van der Waals surface area contributed by atoms with Crippen molar-refractivity contribution in [2.75, 3.05) is 6.54 Å². The van der Waals surface area contributed by atoms with Crippen LogP contribution in [0.4, 0.5) is 8.78 Å². The summed E-state index contributed by atoms with van der Waals surface area (Å²) in [6.45, 7) is 0.716. The maximum atomic E-state index is 13.4. The number of thiophene rings is 1. The number of carbonyl (C=O) groups is 1. The third-order valence-corrected chi connectivity index (χ3v) is 6.24. The first-order valence-electron chi connectivity index (χ1n) is 10.4. The van der Waals surface area contributed by atoms with Gasteiger partial charge in [-0.05, 0) is 35.7 Å². The summed E-state index contributed by atoms with van der Waals surface area (Å²) in [4.78, 5) is 12.0. The van der Waals surface area contributed by atoms with Gasteiger partial charge in [0.05, 0.1) is 4.88 Å². The van der Waals surface area contributed by atoms with Crippen molar-refractivity contribution in [3.05, 3.63) is 101 Å². The maximum Gasteiger partial charge on any atom is 0.299 e. The van der Waals surface area contributed by atoms with E-state index in [0.717, 1.165) is 24.1 Å². The molecule has 4 rings (SSSR count). The number of amides is 1. The van der Waals surface area contributed by atoms with Crippen molar-refractivity contribution < 1.29 is 13.6 Å². The summed E-state index contributed by atoms with van der Waals surface area (Å²) in [6.07, 6.45) is 2.47. The van der Waals surface area contributed by atoms with Crippen molar-refractivity contribution in [1.82, 2.24) is 15.1 Å². The Bertz CT molecular complexity index is 1140. The number of nitrogens with zero attached hydrogens (tertiary/aromatic N) is 2. The third kappa shape index (κ3) is 7.58. The Morgan fingerprint density at radius 1 is 1.03 bits per heavy atom. The molecule has 8 heteroatoms. The molecule has 0 saturated carbocycles. The van der Waals surface area contributed by atoms with Crippen molar-refractivity contribution in [3.63, 3.8) is 0 Å². The molecule has 1 amide bonds. The van der Waals surface area contributed by atoms with Gasteiger partial charge in [-0.15, -0.1) is 11.3 Å². The second-order valence-electron chi connectivity index (χ2n) is 7.40. The first-order chi connectivity index (χ1) is 15.9. The van der Waals surface area contributed by atoms with Crippen LogP contribution in [0, 0.1) is 0 Å². The van der Waals surface area contributed by atoms with Gasteiger partial charge in [-0.2, -0.15) is 13.9 Å². The molecule has 0 aliphatic rings. The molecule has 1 N–H and O–H groups in total. The molecule has 1 atom stereocenters. The quantitative estimate of drug-likeness (QED) is 0.200. The number of hydrogen-bond donors (Lipinski definition) is 1. The highest BCUT2D eigenvalue weighted by Gasteiger charge is 2.29. The zero-order valence-electron chi connectivity index (χ0n) is 18.2. The van der Waals surface area contributed by atoms with E-state index in [1.54, 1.807) is 20.6 Å². The summed E-state index contributed by atoms with van der Waals surface area (Å²) in [5.74, 6) is 0. The van der Waals surface area contributed by atoms with E-state index >= 15 is 0 Å². The molecule has 2 heterocycles. The van der Waals surface area contributed by atoms with Gasteiger partial charge >= 0.3 is 0 Å². The van der Waals surface area contributed by atoms with Crippen molar-refractivity contribution in [2.24, 2.45) is 7.05 Å². The lowest BCUT2D eigenvalue weighted by molar-refractivity contribution is -0.109. The van der Waals surface area contributed by atoms with Crippen molar-refractivity contribution in [1.29, 1.82) is 0 Å². The molecule has 0 fully saturated rings. The molecule has 0 saturated heterocycles. The molecule has 2 aromatic carbocycles. The Morgan fingerprint density at radius 3 is 2.24 bits per heavy atom. The SMILES string of the molecule is Cn1nc(-c2ccc(Cc3ccccc3)s2)cc1C(F)(F)P.O=CNCCc1ccccc1. The molecule has 172 valence electrons. The third-order valence-electron chi connectivity index (χ3n) is 4.84. The topological polar surface area (TPSA) is 46.9 Å². The van der Waals surface area contributed by atoms with Gasteiger partial charge in [0.1, 0.15) is 11.4 Å². The second kappa shape index (κ2) is 11.8. The van der Waals surface area contributed by atoms with Crippen LogP contribution in [0.1, 0.15) is 21.7 Å². The molecular formula is C25H26F2N3OPS. The van der Waals surface area contributed by atoms with Crippen LogP contribution in [0.3, 0.4) is 0 Å². The summed E-state index contributed by atoms with van der Waals surface area (Å²) in [6, 6.07) is 25.6. The van der Waals surface area contributed by atoms with Crippen LogP contribution in [-0.4, -0.2) is 22.7 Å². The number of aryl methyl sites for hydroxylation is 1. The Balaban J connectivity index is 0.000000235. The Labute approximate surface area is 198 Å². The fourth-order valence-electron chi connectivity index (χ4n) is 3.23. The molecule has 0 radical (unpaired) electrons. The predicted molar refractivity (Wildman–Crippen MR) is 134 cm³/mol. The predicted octanol–water partition coefficient (Wildman–Crippen LogP) is 5.64. The van der Waals surface area contributed by atoms with E-state index < -0.39 is 5.66 Å². The summed E-state index contributed by atoms with van der Waals surface area (Å²) < 4.78 is 28.1. The standard InChI is InChI=1S/C16H15F2N2PS.C9H11NO/c1-20-15(16(17,18)21)10-13(19-20)14-8-7-12(22-14)9-11-5-3-2-4-6-11;11-8-10-7-6-9-4-2-1-3-5-9/h2-8,10H,9,21H2,1H3;1-5,8H,6-7H2,(H,10,11). The highest BCUT2D eigenvalue weighted by atomic mass is 32.1. The van der Waals surface area contributed by atoms with E-state index in [2.05, 4.69) is 22.5 Å². The highest BCUT2D eigenvalue weighted by Crippen LogP contribution is 2.37. The van der Waals surface area contributed by atoms with E-state index in [4.69, 9.17) is 0 Å². The van der Waals surface area contributed by atoms with Gasteiger partial charge in [0, 0.05) is 24.9 Å². The van der Waals surface area contributed by atoms with Crippen LogP contribution in [0.15, 0.2) is 78.9 Å². The molecule has 0 spiro atoms. The normalized spacial score (nSPS) is 10.9. The van der Waals surface area contributed by atoms with Crippen molar-refractivity contribution in [2.45, 2.75) is 18.5 Å². The molecule has 1 unspecified atom stereocenters. The number of benzene rings is 2. The van der Waals surface area contributed by atoms with Crippen LogP contribution < -0.4 is 5.32 Å². The number of nitrogens with one attached hydrogen (secondary N) is 1. The van der Waals surface area contributed by atoms with Crippen LogP contribution in [0.5, 0.6) is 0 Å². The smallest absolute Gasteiger partial charge is 0.299 e. The molecule has 0 bridgehead atoms. The Hall–Kier alpha value is -2.89. The minimum absolute atomic E-state index is 0.106. The highest BCUT2D eigenvalue weighted by molar-refractivity contribution is 7.17. The van der Waals surface area contributed by atoms with Crippen molar-refractivity contribution in [3.8, 4) is 10.6 Å². The van der Waals surface area contributed by atoms with Gasteiger partial charge in [-0.1, -0.05) is 69.9 Å². The summed E-state index contributed by atoms with van der Waals surface area (Å²) >= 11 is 1.59.